The third-order valence-electron chi connectivity index (χ3n) is 2.11. The van der Waals surface area contributed by atoms with Gasteiger partial charge in [-0.1, -0.05) is 0 Å². The van der Waals surface area contributed by atoms with E-state index in [0.29, 0.717) is 17.6 Å². The molecule has 0 saturated carbocycles. The summed E-state index contributed by atoms with van der Waals surface area (Å²) < 4.78 is 18.9. The fourth-order valence-corrected chi connectivity index (χ4v) is 1.59. The topological polar surface area (TPSA) is 42.4 Å². The van der Waals surface area contributed by atoms with Gasteiger partial charge in [-0.25, -0.2) is 9.37 Å². The zero-order chi connectivity index (χ0) is 12.8. The number of esters is 1. The first-order valence-corrected chi connectivity index (χ1v) is 6.01. The number of hydrogen-bond acceptors (Lipinski definition) is 4. The van der Waals surface area contributed by atoms with Crippen LogP contribution in [0.3, 0.4) is 0 Å². The van der Waals surface area contributed by atoms with Gasteiger partial charge in [0, 0.05) is 24.3 Å². The van der Waals surface area contributed by atoms with Crippen molar-refractivity contribution in [2.24, 2.45) is 0 Å². The zero-order valence-corrected chi connectivity index (χ0v) is 11.3. The van der Waals surface area contributed by atoms with Crippen molar-refractivity contribution in [3.05, 3.63) is 22.6 Å². The Bertz CT molecular complexity index is 401. The third kappa shape index (κ3) is 4.30. The van der Waals surface area contributed by atoms with Crippen molar-refractivity contribution in [2.45, 2.75) is 13.3 Å². The first-order chi connectivity index (χ1) is 8.04. The van der Waals surface area contributed by atoms with Crippen LogP contribution in [0.15, 0.2) is 16.7 Å². The molecule has 0 unspecified atom stereocenters. The number of hydrogen-bond donors (Lipinski definition) is 0. The highest BCUT2D eigenvalue weighted by Gasteiger charge is 2.11. The van der Waals surface area contributed by atoms with Gasteiger partial charge in [-0.15, -0.1) is 0 Å². The van der Waals surface area contributed by atoms with Gasteiger partial charge in [0.2, 0.25) is 0 Å². The number of ether oxygens (including phenoxy) is 1. The third-order valence-corrected chi connectivity index (χ3v) is 2.54. The smallest absolute Gasteiger partial charge is 0.307 e. The minimum absolute atomic E-state index is 0.210. The number of anilines is 1. The monoisotopic (exact) mass is 304 g/mol. The van der Waals surface area contributed by atoms with E-state index in [0.717, 1.165) is 0 Å². The van der Waals surface area contributed by atoms with Crippen molar-refractivity contribution in [1.82, 2.24) is 4.98 Å². The van der Waals surface area contributed by atoms with E-state index in [4.69, 9.17) is 4.74 Å². The highest BCUT2D eigenvalue weighted by Crippen LogP contribution is 2.18. The summed E-state index contributed by atoms with van der Waals surface area (Å²) in [6.07, 6.45) is 1.72. The first-order valence-electron chi connectivity index (χ1n) is 5.22. The molecular weight excluding hydrogens is 291 g/mol. The molecule has 0 aliphatic carbocycles. The highest BCUT2D eigenvalue weighted by atomic mass is 79.9. The molecule has 0 fully saturated rings. The normalized spacial score (nSPS) is 10.1. The Kier molecular flexibility index (Phi) is 5.34. The maximum Gasteiger partial charge on any atom is 0.307 e. The lowest BCUT2D eigenvalue weighted by atomic mass is 10.3. The Morgan fingerprint density at radius 1 is 1.65 bits per heavy atom. The van der Waals surface area contributed by atoms with Gasteiger partial charge >= 0.3 is 5.97 Å². The van der Waals surface area contributed by atoms with Crippen molar-refractivity contribution in [2.75, 3.05) is 25.1 Å². The lowest BCUT2D eigenvalue weighted by Crippen LogP contribution is -2.23. The maximum atomic E-state index is 13.5. The van der Waals surface area contributed by atoms with Gasteiger partial charge in [0.1, 0.15) is 0 Å². The summed E-state index contributed by atoms with van der Waals surface area (Å²) in [6, 6.07) is 1.34. The van der Waals surface area contributed by atoms with Crippen LogP contribution >= 0.6 is 15.9 Å². The van der Waals surface area contributed by atoms with Gasteiger partial charge in [0.15, 0.2) is 11.6 Å². The van der Waals surface area contributed by atoms with E-state index in [1.165, 1.54) is 12.3 Å². The molecule has 94 valence electrons. The second kappa shape index (κ2) is 6.54. The molecule has 0 bridgehead atoms. The van der Waals surface area contributed by atoms with Crippen molar-refractivity contribution in [1.29, 1.82) is 0 Å². The Morgan fingerprint density at radius 3 is 2.94 bits per heavy atom. The van der Waals surface area contributed by atoms with Crippen LogP contribution in [0.1, 0.15) is 13.3 Å². The molecule has 4 nitrogen and oxygen atoms in total. The van der Waals surface area contributed by atoms with Crippen LogP contribution in [-0.2, 0) is 9.53 Å². The van der Waals surface area contributed by atoms with Gasteiger partial charge in [-0.3, -0.25) is 4.79 Å². The van der Waals surface area contributed by atoms with Crippen LogP contribution in [0.25, 0.3) is 0 Å². The number of rotatable bonds is 5. The first kappa shape index (κ1) is 13.9. The van der Waals surface area contributed by atoms with Crippen molar-refractivity contribution < 1.29 is 13.9 Å². The molecule has 1 rings (SSSR count). The van der Waals surface area contributed by atoms with Gasteiger partial charge in [0.25, 0.3) is 0 Å². The maximum absolute atomic E-state index is 13.5. The molecule has 0 aliphatic heterocycles. The number of pyridine rings is 1. The molecule has 1 aromatic heterocycles. The molecule has 1 heterocycles. The zero-order valence-electron chi connectivity index (χ0n) is 9.74. The second-order valence-corrected chi connectivity index (χ2v) is 4.35. The average Bonchev–Trinajstić information content (AvgIpc) is 2.26. The molecule has 0 N–H and O–H groups in total. The summed E-state index contributed by atoms with van der Waals surface area (Å²) in [4.78, 5) is 16.7. The van der Waals surface area contributed by atoms with Crippen molar-refractivity contribution in [3.63, 3.8) is 0 Å². The summed E-state index contributed by atoms with van der Waals surface area (Å²) in [6.45, 7) is 2.47. The Labute approximate surface area is 108 Å². The molecule has 0 saturated heterocycles. The summed E-state index contributed by atoms with van der Waals surface area (Å²) >= 11 is 3.13. The van der Waals surface area contributed by atoms with E-state index >= 15 is 0 Å². The Balaban J connectivity index is 2.57. The van der Waals surface area contributed by atoms with Gasteiger partial charge in [0.05, 0.1) is 13.0 Å². The molecule has 6 heteroatoms. The van der Waals surface area contributed by atoms with E-state index in [9.17, 15) is 9.18 Å². The van der Waals surface area contributed by atoms with E-state index < -0.39 is 5.82 Å². The predicted molar refractivity (Wildman–Crippen MR) is 66.4 cm³/mol. The Hall–Kier alpha value is -1.17. The molecule has 0 spiro atoms. The quantitative estimate of drug-likeness (QED) is 0.783. The lowest BCUT2D eigenvalue weighted by molar-refractivity contribution is -0.142. The molecule has 0 aliphatic rings. The summed E-state index contributed by atoms with van der Waals surface area (Å²) in [5.41, 5.74) is 0. The standard InChI is InChI=1S/C11H14BrFN2O2/c1-3-17-10(16)4-5-15(2)11-9(13)6-8(12)7-14-11/h6-7H,3-5H2,1-2H3. The van der Waals surface area contributed by atoms with Crippen molar-refractivity contribution >= 4 is 27.7 Å². The number of nitrogens with zero attached hydrogens (tertiary/aromatic N) is 2. The van der Waals surface area contributed by atoms with Gasteiger partial charge in [-0.05, 0) is 28.9 Å². The molecule has 0 atom stereocenters. The largest absolute Gasteiger partial charge is 0.466 e. The number of aromatic nitrogens is 1. The van der Waals surface area contributed by atoms with Crippen molar-refractivity contribution in [3.8, 4) is 0 Å². The van der Waals surface area contributed by atoms with Gasteiger partial charge in [-0.2, -0.15) is 0 Å². The number of halogens is 2. The minimum atomic E-state index is -0.425. The fraction of sp³-hybridized carbons (Fsp3) is 0.455. The summed E-state index contributed by atoms with van der Waals surface area (Å²) in [7, 11) is 1.68. The molecule has 0 amide bonds. The molecule has 0 radical (unpaired) electrons. The predicted octanol–water partition coefficient (Wildman–Crippen LogP) is 2.37. The number of carbonyl (C=O) groups excluding carboxylic acids is 1. The van der Waals surface area contributed by atoms with Crippen LogP contribution in [0.4, 0.5) is 10.2 Å². The van der Waals surface area contributed by atoms with E-state index in [1.54, 1.807) is 18.9 Å². The molecule has 0 aromatic carbocycles. The fourth-order valence-electron chi connectivity index (χ4n) is 1.29. The Morgan fingerprint density at radius 2 is 2.35 bits per heavy atom. The van der Waals surface area contributed by atoms with Crippen LogP contribution in [0.5, 0.6) is 0 Å². The van der Waals surface area contributed by atoms with Crippen LogP contribution < -0.4 is 4.90 Å². The van der Waals surface area contributed by atoms with Crippen LogP contribution in [0, 0.1) is 5.82 Å². The van der Waals surface area contributed by atoms with E-state index in [1.807, 2.05) is 0 Å². The molecule has 17 heavy (non-hydrogen) atoms. The van der Waals surface area contributed by atoms with E-state index in [2.05, 4.69) is 20.9 Å². The van der Waals surface area contributed by atoms with Crippen LogP contribution in [0.2, 0.25) is 0 Å². The molecule has 1 aromatic rings. The average molecular weight is 305 g/mol. The van der Waals surface area contributed by atoms with Gasteiger partial charge < -0.3 is 9.64 Å². The van der Waals surface area contributed by atoms with Crippen LogP contribution in [-0.4, -0.2) is 31.2 Å². The second-order valence-electron chi connectivity index (χ2n) is 3.44. The van der Waals surface area contributed by atoms with E-state index in [-0.39, 0.29) is 18.2 Å². The lowest BCUT2D eigenvalue weighted by Gasteiger charge is -2.18. The summed E-state index contributed by atoms with van der Waals surface area (Å²) in [5, 5.41) is 0. The minimum Gasteiger partial charge on any atom is -0.466 e. The number of carbonyl (C=O) groups is 1. The SMILES string of the molecule is CCOC(=O)CCN(C)c1ncc(Br)cc1F. The summed E-state index contributed by atoms with van der Waals surface area (Å²) in [5.74, 6) is -0.500. The highest BCUT2D eigenvalue weighted by molar-refractivity contribution is 9.10. The molecular formula is C11H14BrFN2O2.